The van der Waals surface area contributed by atoms with E-state index in [0.29, 0.717) is 0 Å². The van der Waals surface area contributed by atoms with Crippen LogP contribution >= 0.6 is 0 Å². The number of carbonyl (C=O) groups is 3. The molecule has 208 valence electrons. The molecule has 3 aromatic rings. The van der Waals surface area contributed by atoms with Crippen molar-refractivity contribution in [2.45, 2.75) is 65.3 Å². The molecule has 8 heteroatoms. The molecular weight excluding hydrogens is 496 g/mol. The highest BCUT2D eigenvalue weighted by Gasteiger charge is 2.42. The highest BCUT2D eigenvalue weighted by molar-refractivity contribution is 5.96. The molecule has 2 unspecified atom stereocenters. The number of carbonyl (C=O) groups excluding carboxylic acids is 2. The van der Waals surface area contributed by atoms with Gasteiger partial charge in [-0.25, -0.2) is 14.4 Å². The first-order valence-corrected chi connectivity index (χ1v) is 13.0. The summed E-state index contributed by atoms with van der Waals surface area (Å²) in [5, 5.41) is 25.0. The summed E-state index contributed by atoms with van der Waals surface area (Å²) in [6, 6.07) is 20.0. The molecular formula is C31H38N2O6. The number of aliphatic hydroxyl groups is 1. The Morgan fingerprint density at radius 3 is 2.13 bits per heavy atom. The third-order valence-corrected chi connectivity index (χ3v) is 6.21. The predicted octanol–water partition coefficient (Wildman–Crippen LogP) is 5.22. The number of hydrogen-bond acceptors (Lipinski definition) is 5. The Hall–Kier alpha value is -3.91. The van der Waals surface area contributed by atoms with Gasteiger partial charge < -0.3 is 20.3 Å². The molecule has 0 fully saturated rings. The van der Waals surface area contributed by atoms with Crippen molar-refractivity contribution in [3.8, 4) is 11.1 Å². The number of amides is 2. The number of rotatable bonds is 9. The zero-order valence-electron chi connectivity index (χ0n) is 23.4. The van der Waals surface area contributed by atoms with E-state index in [1.165, 1.54) is 0 Å². The van der Waals surface area contributed by atoms with Crippen molar-refractivity contribution >= 4 is 28.7 Å². The first kappa shape index (κ1) is 29.6. The van der Waals surface area contributed by atoms with Crippen LogP contribution in [0.25, 0.3) is 21.9 Å². The number of carboxylic acids is 1. The van der Waals surface area contributed by atoms with Crippen LogP contribution in [0.15, 0.2) is 66.7 Å². The Kier molecular flexibility index (Phi) is 9.02. The van der Waals surface area contributed by atoms with Gasteiger partial charge in [0.15, 0.2) is 0 Å². The van der Waals surface area contributed by atoms with Gasteiger partial charge in [0.25, 0.3) is 0 Å². The zero-order valence-corrected chi connectivity index (χ0v) is 23.4. The fourth-order valence-electron chi connectivity index (χ4n) is 4.27. The van der Waals surface area contributed by atoms with Gasteiger partial charge in [0.2, 0.25) is 5.72 Å². The molecule has 3 rings (SSSR count). The normalized spacial score (nSPS) is 13.9. The van der Waals surface area contributed by atoms with E-state index in [1.807, 2.05) is 42.5 Å². The molecule has 0 aliphatic rings. The summed E-state index contributed by atoms with van der Waals surface area (Å²) in [4.78, 5) is 38.9. The van der Waals surface area contributed by atoms with Gasteiger partial charge in [-0.2, -0.15) is 0 Å². The van der Waals surface area contributed by atoms with Crippen LogP contribution in [0.3, 0.4) is 0 Å². The lowest BCUT2D eigenvalue weighted by Crippen LogP contribution is -2.61. The average Bonchev–Trinajstić information content (AvgIpc) is 2.85. The molecule has 0 radical (unpaired) electrons. The van der Waals surface area contributed by atoms with Gasteiger partial charge >= 0.3 is 18.0 Å². The fraction of sp³-hybridized carbons (Fsp3) is 0.387. The molecule has 0 aliphatic heterocycles. The van der Waals surface area contributed by atoms with Crippen LogP contribution in [0.2, 0.25) is 0 Å². The molecule has 2 amide bonds. The van der Waals surface area contributed by atoms with Crippen LogP contribution in [0.5, 0.6) is 0 Å². The summed E-state index contributed by atoms with van der Waals surface area (Å²) in [6.07, 6.45) is 0.112. The summed E-state index contributed by atoms with van der Waals surface area (Å²) < 4.78 is 5.56. The third kappa shape index (κ3) is 7.57. The van der Waals surface area contributed by atoms with E-state index in [-0.39, 0.29) is 18.9 Å². The molecule has 0 spiro atoms. The van der Waals surface area contributed by atoms with Gasteiger partial charge in [0.05, 0.1) is 0 Å². The second kappa shape index (κ2) is 11.9. The molecule has 0 bridgehead atoms. The van der Waals surface area contributed by atoms with Crippen LogP contribution in [-0.4, -0.2) is 57.0 Å². The number of nitrogens with one attached hydrogen (secondary N) is 1. The minimum Gasteiger partial charge on any atom is -0.478 e. The summed E-state index contributed by atoms with van der Waals surface area (Å²) in [5.74, 6) is -2.37. The fourth-order valence-corrected chi connectivity index (χ4v) is 4.27. The number of ether oxygens (including phenoxy) is 1. The van der Waals surface area contributed by atoms with E-state index in [9.17, 15) is 24.6 Å². The number of esters is 1. The topological polar surface area (TPSA) is 116 Å². The summed E-state index contributed by atoms with van der Waals surface area (Å²) >= 11 is 0. The van der Waals surface area contributed by atoms with Gasteiger partial charge in [-0.3, -0.25) is 4.90 Å². The van der Waals surface area contributed by atoms with Crippen molar-refractivity contribution in [2.24, 2.45) is 5.92 Å². The summed E-state index contributed by atoms with van der Waals surface area (Å²) in [6.45, 7) is 9.76. The monoisotopic (exact) mass is 534 g/mol. The number of urea groups is 1. The number of benzene rings is 3. The Morgan fingerprint density at radius 2 is 1.54 bits per heavy atom. The standard InChI is InChI=1S/C31H38N2O6/c1-20(2)19-33(31(6,38)28(35)36)29(37)32-26(27(34)39-30(3,4)5)18-21-14-16-23(17-15-21)25-13-9-11-22-10-7-8-12-24(22)25/h7-17,20,26,38H,18-19H2,1-6H3,(H,32,37)(H,35,36). The van der Waals surface area contributed by atoms with E-state index in [4.69, 9.17) is 4.74 Å². The second-order valence-electron chi connectivity index (χ2n) is 11.3. The second-order valence-corrected chi connectivity index (χ2v) is 11.3. The number of nitrogens with zero attached hydrogens (tertiary/aromatic N) is 1. The molecule has 0 saturated heterocycles. The number of carboxylic acid groups (broad SMARTS) is 1. The van der Waals surface area contributed by atoms with Gasteiger partial charge in [-0.1, -0.05) is 80.6 Å². The Morgan fingerprint density at radius 1 is 0.923 bits per heavy atom. The van der Waals surface area contributed by atoms with Crippen molar-refractivity contribution in [1.82, 2.24) is 10.2 Å². The molecule has 3 aromatic carbocycles. The minimum atomic E-state index is -2.47. The van der Waals surface area contributed by atoms with E-state index in [2.05, 4.69) is 29.6 Å². The van der Waals surface area contributed by atoms with Crippen LogP contribution < -0.4 is 5.32 Å². The molecule has 0 aromatic heterocycles. The summed E-state index contributed by atoms with van der Waals surface area (Å²) in [7, 11) is 0. The molecule has 0 heterocycles. The maximum Gasteiger partial charge on any atom is 0.357 e. The van der Waals surface area contributed by atoms with E-state index in [1.54, 1.807) is 34.6 Å². The minimum absolute atomic E-state index is 0.0358. The number of aliphatic carboxylic acids is 1. The SMILES string of the molecule is CC(C)CN(C(=O)NC(Cc1ccc(-c2cccc3ccccc23)cc1)C(=O)OC(C)(C)C)C(C)(O)C(=O)O. The van der Waals surface area contributed by atoms with Crippen molar-refractivity contribution in [3.63, 3.8) is 0 Å². The van der Waals surface area contributed by atoms with Crippen molar-refractivity contribution in [1.29, 1.82) is 0 Å². The largest absolute Gasteiger partial charge is 0.478 e. The van der Waals surface area contributed by atoms with E-state index in [0.717, 1.165) is 39.3 Å². The van der Waals surface area contributed by atoms with Gasteiger partial charge in [0.1, 0.15) is 11.6 Å². The zero-order chi connectivity index (χ0) is 29.0. The van der Waals surface area contributed by atoms with E-state index < -0.39 is 35.3 Å². The molecule has 0 aliphatic carbocycles. The van der Waals surface area contributed by atoms with E-state index >= 15 is 0 Å². The molecule has 3 N–H and O–H groups in total. The van der Waals surface area contributed by atoms with Crippen LogP contribution in [0.1, 0.15) is 47.1 Å². The third-order valence-electron chi connectivity index (χ3n) is 6.21. The Labute approximate surface area is 229 Å². The molecule has 0 saturated carbocycles. The van der Waals surface area contributed by atoms with Crippen LogP contribution in [-0.2, 0) is 20.7 Å². The highest BCUT2D eigenvalue weighted by Crippen LogP contribution is 2.29. The van der Waals surface area contributed by atoms with Crippen LogP contribution in [0, 0.1) is 5.92 Å². The van der Waals surface area contributed by atoms with Gasteiger partial charge in [-0.15, -0.1) is 0 Å². The number of fused-ring (bicyclic) bond motifs is 1. The molecule has 2 atom stereocenters. The van der Waals surface area contributed by atoms with Gasteiger partial charge in [-0.05, 0) is 61.1 Å². The first-order valence-electron chi connectivity index (χ1n) is 13.0. The Balaban J connectivity index is 1.89. The van der Waals surface area contributed by atoms with Crippen molar-refractivity contribution < 1.29 is 29.3 Å². The molecule has 39 heavy (non-hydrogen) atoms. The lowest BCUT2D eigenvalue weighted by atomic mass is 9.96. The summed E-state index contributed by atoms with van der Waals surface area (Å²) in [5.41, 5.74) is -0.406. The smallest absolute Gasteiger partial charge is 0.357 e. The first-order chi connectivity index (χ1) is 18.2. The predicted molar refractivity (Wildman–Crippen MR) is 151 cm³/mol. The number of hydrogen-bond donors (Lipinski definition) is 3. The maximum atomic E-state index is 13.2. The quantitative estimate of drug-likeness (QED) is 0.256. The Bertz CT molecular complexity index is 1320. The van der Waals surface area contributed by atoms with Crippen molar-refractivity contribution in [2.75, 3.05) is 6.54 Å². The maximum absolute atomic E-state index is 13.2. The lowest BCUT2D eigenvalue weighted by Gasteiger charge is -2.36. The highest BCUT2D eigenvalue weighted by atomic mass is 16.6. The van der Waals surface area contributed by atoms with Crippen LogP contribution in [0.4, 0.5) is 4.79 Å². The lowest BCUT2D eigenvalue weighted by molar-refractivity contribution is -0.173. The van der Waals surface area contributed by atoms with Gasteiger partial charge in [0, 0.05) is 13.0 Å². The molecule has 8 nitrogen and oxygen atoms in total. The van der Waals surface area contributed by atoms with Crippen molar-refractivity contribution in [3.05, 3.63) is 72.3 Å². The average molecular weight is 535 g/mol.